The minimum Gasteiger partial charge on any atom is -0.359 e. The Hall–Kier alpha value is -0.480. The molecule has 29 heavy (non-hydrogen) atoms. The average molecular weight is 409 g/mol. The molecule has 164 valence electrons. The second-order valence-corrected chi connectivity index (χ2v) is 11.4. The smallest absolute Gasteiger partial charge is 0.164 e. The first-order valence-electron chi connectivity index (χ1n) is 12.1. The van der Waals surface area contributed by atoms with Crippen molar-refractivity contribution >= 4 is 0 Å². The summed E-state index contributed by atoms with van der Waals surface area (Å²) in [6.07, 6.45) is 15.3. The van der Waals surface area contributed by atoms with Gasteiger partial charge in [0.05, 0.1) is 0 Å². The molecule has 7 aliphatic carbocycles. The van der Waals surface area contributed by atoms with Crippen LogP contribution in [0.2, 0.25) is 0 Å². The zero-order valence-corrected chi connectivity index (χ0v) is 18.3. The minimum atomic E-state index is -1.07. The largest absolute Gasteiger partial charge is 0.359 e. The van der Waals surface area contributed by atoms with E-state index in [-0.39, 0.29) is 12.2 Å². The summed E-state index contributed by atoms with van der Waals surface area (Å²) >= 11 is 0. The molecule has 0 atom stereocenters. The number of hydrogen-bond acceptors (Lipinski definition) is 2. The monoisotopic (exact) mass is 408 g/mol. The van der Waals surface area contributed by atoms with Crippen LogP contribution in [0.15, 0.2) is 11.7 Å². The molecular weight excluding hydrogens is 370 g/mol. The fourth-order valence-electron chi connectivity index (χ4n) is 8.49. The van der Waals surface area contributed by atoms with Crippen LogP contribution in [0.25, 0.3) is 0 Å². The number of ether oxygens (including phenoxy) is 2. The SMILES string of the molecule is COCOC12CCC(C34CCC(C5CCC(C)CC5)(CC3)CC4)(CC1)C(F)=C2F. The van der Waals surface area contributed by atoms with Gasteiger partial charge in [-0.1, -0.05) is 19.8 Å². The number of halogens is 2. The average Bonchev–Trinajstić information content (AvgIpc) is 2.78. The van der Waals surface area contributed by atoms with E-state index in [1.54, 1.807) is 0 Å². The third kappa shape index (κ3) is 2.76. The van der Waals surface area contributed by atoms with E-state index in [1.807, 2.05) is 0 Å². The number of fused-ring (bicyclic) bond motifs is 5. The van der Waals surface area contributed by atoms with Crippen molar-refractivity contribution < 1.29 is 18.3 Å². The van der Waals surface area contributed by atoms with Crippen LogP contribution in [0.1, 0.15) is 96.8 Å². The molecule has 4 heteroatoms. The normalized spacial score (nSPS) is 49.7. The van der Waals surface area contributed by atoms with Gasteiger partial charge < -0.3 is 9.47 Å². The highest BCUT2D eigenvalue weighted by molar-refractivity contribution is 5.33. The summed E-state index contributed by atoms with van der Waals surface area (Å²) in [6.45, 7) is 2.42. The first-order valence-corrected chi connectivity index (χ1v) is 12.1. The summed E-state index contributed by atoms with van der Waals surface area (Å²) in [6, 6.07) is 0. The Balaban J connectivity index is 1.38. The lowest BCUT2D eigenvalue weighted by Crippen LogP contribution is -2.59. The van der Waals surface area contributed by atoms with Crippen LogP contribution in [0.5, 0.6) is 0 Å². The lowest BCUT2D eigenvalue weighted by molar-refractivity contribution is -0.194. The van der Waals surface area contributed by atoms with Crippen LogP contribution in [-0.2, 0) is 9.47 Å². The molecule has 0 saturated heterocycles. The summed E-state index contributed by atoms with van der Waals surface area (Å²) in [5, 5.41) is 0. The molecule has 0 N–H and O–H groups in total. The Morgan fingerprint density at radius 2 is 1.38 bits per heavy atom. The van der Waals surface area contributed by atoms with Crippen molar-refractivity contribution in [2.24, 2.45) is 28.1 Å². The Bertz CT molecular complexity index is 644. The number of methoxy groups -OCH3 is 1. The maximum atomic E-state index is 15.7. The molecule has 0 aliphatic heterocycles. The van der Waals surface area contributed by atoms with Crippen molar-refractivity contribution in [2.45, 2.75) is 102 Å². The van der Waals surface area contributed by atoms with Gasteiger partial charge >= 0.3 is 0 Å². The Labute approximate surface area is 174 Å². The van der Waals surface area contributed by atoms with Gasteiger partial charge in [-0.3, -0.25) is 0 Å². The van der Waals surface area contributed by atoms with Gasteiger partial charge in [-0.05, 0) is 99.7 Å². The molecule has 5 fully saturated rings. The van der Waals surface area contributed by atoms with E-state index in [9.17, 15) is 0 Å². The molecule has 0 spiro atoms. The molecule has 0 amide bonds. The fourth-order valence-corrected chi connectivity index (χ4v) is 8.49. The minimum absolute atomic E-state index is 0.0219. The molecule has 0 heterocycles. The molecule has 0 aromatic rings. The zero-order chi connectivity index (χ0) is 20.3. The summed E-state index contributed by atoms with van der Waals surface area (Å²) in [4.78, 5) is 0. The standard InChI is InChI=1S/C25H38F2O2/c1-18-3-5-19(6-4-18)22-7-10-23(11-8-22,12-9-22)24-13-15-25(16-14-24,29-17-28-2)21(27)20(24)26/h18-19H,3-17H2,1-2H3. The van der Waals surface area contributed by atoms with Crippen LogP contribution in [0, 0.1) is 28.1 Å². The molecule has 0 unspecified atom stereocenters. The van der Waals surface area contributed by atoms with Crippen molar-refractivity contribution in [1.29, 1.82) is 0 Å². The van der Waals surface area contributed by atoms with E-state index in [2.05, 4.69) is 6.92 Å². The van der Waals surface area contributed by atoms with E-state index in [0.29, 0.717) is 18.3 Å². The number of allylic oxidation sites excluding steroid dienone is 1. The highest BCUT2D eigenvalue weighted by atomic mass is 19.2. The van der Waals surface area contributed by atoms with Crippen LogP contribution >= 0.6 is 0 Å². The van der Waals surface area contributed by atoms with Crippen molar-refractivity contribution in [3.63, 3.8) is 0 Å². The van der Waals surface area contributed by atoms with Crippen LogP contribution in [0.3, 0.4) is 0 Å². The molecule has 7 aliphatic rings. The number of rotatable bonds is 5. The lowest BCUT2D eigenvalue weighted by Gasteiger charge is -2.66. The molecular formula is C25H38F2O2. The van der Waals surface area contributed by atoms with E-state index < -0.39 is 22.7 Å². The van der Waals surface area contributed by atoms with E-state index in [4.69, 9.17) is 9.47 Å². The van der Waals surface area contributed by atoms with E-state index >= 15 is 8.78 Å². The van der Waals surface area contributed by atoms with Crippen molar-refractivity contribution in [3.8, 4) is 0 Å². The van der Waals surface area contributed by atoms with Gasteiger partial charge in [-0.25, -0.2) is 8.78 Å². The van der Waals surface area contributed by atoms with Crippen LogP contribution in [0.4, 0.5) is 8.78 Å². The van der Waals surface area contributed by atoms with Crippen LogP contribution in [-0.4, -0.2) is 19.5 Å². The van der Waals surface area contributed by atoms with E-state index in [1.165, 1.54) is 52.1 Å². The van der Waals surface area contributed by atoms with Crippen LogP contribution < -0.4 is 0 Å². The maximum absolute atomic E-state index is 15.7. The topological polar surface area (TPSA) is 18.5 Å². The predicted molar refractivity (Wildman–Crippen MR) is 110 cm³/mol. The molecule has 0 aromatic heterocycles. The molecule has 2 nitrogen and oxygen atoms in total. The van der Waals surface area contributed by atoms with Crippen molar-refractivity contribution in [1.82, 2.24) is 0 Å². The van der Waals surface area contributed by atoms with Crippen molar-refractivity contribution in [2.75, 3.05) is 13.9 Å². The van der Waals surface area contributed by atoms with Gasteiger partial charge in [-0.2, -0.15) is 0 Å². The predicted octanol–water partition coefficient (Wildman–Crippen LogP) is 7.24. The first-order chi connectivity index (χ1) is 13.9. The summed E-state index contributed by atoms with van der Waals surface area (Å²) in [5.41, 5.74) is -1.15. The number of hydrogen-bond donors (Lipinski definition) is 0. The third-order valence-electron chi connectivity index (χ3n) is 10.6. The van der Waals surface area contributed by atoms with Gasteiger partial charge in [0.2, 0.25) is 0 Å². The van der Waals surface area contributed by atoms with Gasteiger partial charge in [0.25, 0.3) is 0 Å². The first kappa shape index (κ1) is 20.4. The fraction of sp³-hybridized carbons (Fsp3) is 0.920. The van der Waals surface area contributed by atoms with Gasteiger partial charge in [0.1, 0.15) is 18.2 Å². The summed E-state index contributed by atoms with van der Waals surface area (Å²) in [7, 11) is 1.53. The Kier molecular flexibility index (Phi) is 4.94. The molecule has 7 rings (SSSR count). The highest BCUT2D eigenvalue weighted by Gasteiger charge is 2.67. The van der Waals surface area contributed by atoms with Gasteiger partial charge in [0, 0.05) is 12.5 Å². The molecule has 4 bridgehead atoms. The summed E-state index contributed by atoms with van der Waals surface area (Å²) in [5.74, 6) is 0.705. The summed E-state index contributed by atoms with van der Waals surface area (Å²) < 4.78 is 41.7. The highest BCUT2D eigenvalue weighted by Crippen LogP contribution is 2.74. The van der Waals surface area contributed by atoms with Gasteiger partial charge in [-0.15, -0.1) is 0 Å². The second-order valence-electron chi connectivity index (χ2n) is 11.4. The quantitative estimate of drug-likeness (QED) is 0.446. The Morgan fingerprint density at radius 1 is 0.793 bits per heavy atom. The van der Waals surface area contributed by atoms with Gasteiger partial charge in [0.15, 0.2) is 5.83 Å². The third-order valence-corrected chi connectivity index (χ3v) is 10.6. The maximum Gasteiger partial charge on any atom is 0.164 e. The van der Waals surface area contributed by atoms with Crippen molar-refractivity contribution in [3.05, 3.63) is 11.7 Å². The second kappa shape index (κ2) is 7.02. The Morgan fingerprint density at radius 3 is 1.93 bits per heavy atom. The molecule has 5 saturated carbocycles. The molecule has 0 radical (unpaired) electrons. The lowest BCUT2D eigenvalue weighted by atomic mass is 9.39. The zero-order valence-electron chi connectivity index (χ0n) is 18.3. The van der Waals surface area contributed by atoms with E-state index in [0.717, 1.165) is 43.9 Å². The molecule has 0 aromatic carbocycles.